The molecule has 36 heavy (non-hydrogen) atoms. The Morgan fingerprint density at radius 2 is 1.44 bits per heavy atom. The standard InChI is InChI=1S/C31H29N3O2/c32-20-25-9-7-8-24(18-25)19-30(31(36)34-21-23-14-16-28(35)17-15-23)33-22-29(26-10-3-1-4-11-26)27-12-5-2-6-13-27/h1-18,29-30,33,35H,19,21-22H2,(H,34,36). The highest BCUT2D eigenvalue weighted by Gasteiger charge is 2.22. The van der Waals surface area contributed by atoms with E-state index in [2.05, 4.69) is 41.0 Å². The van der Waals surface area contributed by atoms with Crippen LogP contribution in [0, 0.1) is 11.3 Å². The number of rotatable bonds is 10. The number of hydrogen-bond acceptors (Lipinski definition) is 4. The number of nitrogens with zero attached hydrogens (tertiary/aromatic N) is 1. The van der Waals surface area contributed by atoms with Gasteiger partial charge in [0.15, 0.2) is 0 Å². The van der Waals surface area contributed by atoms with E-state index in [9.17, 15) is 15.2 Å². The predicted molar refractivity (Wildman–Crippen MR) is 141 cm³/mol. The Kier molecular flexibility index (Phi) is 8.48. The molecule has 1 unspecified atom stereocenters. The van der Waals surface area contributed by atoms with Gasteiger partial charge in [-0.15, -0.1) is 0 Å². The Morgan fingerprint density at radius 3 is 2.06 bits per heavy atom. The zero-order chi connectivity index (χ0) is 25.2. The maximum absolute atomic E-state index is 13.3. The quantitative estimate of drug-likeness (QED) is 0.304. The highest BCUT2D eigenvalue weighted by Crippen LogP contribution is 2.24. The molecule has 0 aliphatic heterocycles. The first-order valence-electron chi connectivity index (χ1n) is 12.0. The molecule has 0 bridgehead atoms. The van der Waals surface area contributed by atoms with Crippen LogP contribution >= 0.6 is 0 Å². The van der Waals surface area contributed by atoms with Gasteiger partial charge >= 0.3 is 0 Å². The highest BCUT2D eigenvalue weighted by atomic mass is 16.3. The van der Waals surface area contributed by atoms with Crippen molar-refractivity contribution in [1.29, 1.82) is 5.26 Å². The fraction of sp³-hybridized carbons (Fsp3) is 0.161. The van der Waals surface area contributed by atoms with Crippen LogP contribution in [0.15, 0.2) is 109 Å². The van der Waals surface area contributed by atoms with Crippen LogP contribution in [0.25, 0.3) is 0 Å². The largest absolute Gasteiger partial charge is 0.508 e. The second-order valence-corrected chi connectivity index (χ2v) is 8.74. The van der Waals surface area contributed by atoms with Gasteiger partial charge in [0.05, 0.1) is 17.7 Å². The van der Waals surface area contributed by atoms with Gasteiger partial charge in [0.2, 0.25) is 5.91 Å². The Morgan fingerprint density at radius 1 is 0.806 bits per heavy atom. The van der Waals surface area contributed by atoms with Gasteiger partial charge in [0.1, 0.15) is 5.75 Å². The molecule has 0 spiro atoms. The van der Waals surface area contributed by atoms with Crippen molar-refractivity contribution < 1.29 is 9.90 Å². The molecule has 0 aliphatic carbocycles. The molecule has 0 fully saturated rings. The van der Waals surface area contributed by atoms with Crippen molar-refractivity contribution >= 4 is 5.91 Å². The van der Waals surface area contributed by atoms with Gasteiger partial charge in [-0.3, -0.25) is 4.79 Å². The van der Waals surface area contributed by atoms with Crippen molar-refractivity contribution in [3.63, 3.8) is 0 Å². The number of carbonyl (C=O) groups excluding carboxylic acids is 1. The van der Waals surface area contributed by atoms with Crippen LogP contribution in [0.3, 0.4) is 0 Å². The van der Waals surface area contributed by atoms with E-state index < -0.39 is 6.04 Å². The first kappa shape index (κ1) is 24.7. The van der Waals surface area contributed by atoms with Crippen molar-refractivity contribution in [2.24, 2.45) is 0 Å². The second kappa shape index (κ2) is 12.3. The van der Waals surface area contributed by atoms with Gasteiger partial charge in [-0.1, -0.05) is 84.9 Å². The van der Waals surface area contributed by atoms with Crippen LogP contribution in [0.2, 0.25) is 0 Å². The Balaban J connectivity index is 1.53. The van der Waals surface area contributed by atoms with Gasteiger partial charge in [-0.25, -0.2) is 0 Å². The average molecular weight is 476 g/mol. The van der Waals surface area contributed by atoms with Crippen LogP contribution in [-0.2, 0) is 17.8 Å². The Hall–Kier alpha value is -4.40. The van der Waals surface area contributed by atoms with E-state index in [1.807, 2.05) is 54.6 Å². The lowest BCUT2D eigenvalue weighted by Crippen LogP contribution is -2.46. The van der Waals surface area contributed by atoms with Crippen LogP contribution in [0.1, 0.15) is 33.7 Å². The fourth-order valence-electron chi connectivity index (χ4n) is 4.25. The summed E-state index contributed by atoms with van der Waals surface area (Å²) in [6.45, 7) is 0.930. The van der Waals surface area contributed by atoms with E-state index in [1.54, 1.807) is 30.3 Å². The Bertz CT molecular complexity index is 1260. The van der Waals surface area contributed by atoms with Crippen LogP contribution in [0.4, 0.5) is 0 Å². The maximum atomic E-state index is 13.3. The number of benzene rings is 4. The molecule has 5 heteroatoms. The first-order valence-corrected chi connectivity index (χ1v) is 12.0. The third kappa shape index (κ3) is 6.82. The number of carbonyl (C=O) groups is 1. The smallest absolute Gasteiger partial charge is 0.237 e. The van der Waals surface area contributed by atoms with Crippen molar-refractivity contribution in [3.8, 4) is 11.8 Å². The summed E-state index contributed by atoms with van der Waals surface area (Å²) in [6.07, 6.45) is 0.452. The summed E-state index contributed by atoms with van der Waals surface area (Å²) in [6, 6.07) is 36.4. The SMILES string of the molecule is N#Cc1cccc(CC(NCC(c2ccccc2)c2ccccc2)C(=O)NCc2ccc(O)cc2)c1. The van der Waals surface area contributed by atoms with Gasteiger partial charge in [-0.05, 0) is 52.9 Å². The summed E-state index contributed by atoms with van der Waals surface area (Å²) in [5, 5.41) is 25.4. The monoisotopic (exact) mass is 475 g/mol. The number of phenolic OH excluding ortho intramolecular Hbond substituents is 1. The van der Waals surface area contributed by atoms with Crippen molar-refractivity contribution in [2.45, 2.75) is 24.9 Å². The topological polar surface area (TPSA) is 85.2 Å². The average Bonchev–Trinajstić information content (AvgIpc) is 2.93. The molecule has 0 saturated carbocycles. The fourth-order valence-corrected chi connectivity index (χ4v) is 4.25. The zero-order valence-electron chi connectivity index (χ0n) is 20.0. The van der Waals surface area contributed by atoms with Gasteiger partial charge in [0.25, 0.3) is 0 Å². The van der Waals surface area contributed by atoms with Crippen molar-refractivity contribution in [3.05, 3.63) is 137 Å². The molecule has 3 N–H and O–H groups in total. The minimum Gasteiger partial charge on any atom is -0.508 e. The summed E-state index contributed by atoms with van der Waals surface area (Å²) in [7, 11) is 0. The number of hydrogen-bond donors (Lipinski definition) is 3. The maximum Gasteiger partial charge on any atom is 0.237 e. The van der Waals surface area contributed by atoms with E-state index in [0.717, 1.165) is 11.1 Å². The van der Waals surface area contributed by atoms with Crippen molar-refractivity contribution in [1.82, 2.24) is 10.6 Å². The molecular weight excluding hydrogens is 446 g/mol. The number of amides is 1. The van der Waals surface area contributed by atoms with Gasteiger partial charge < -0.3 is 15.7 Å². The first-order chi connectivity index (χ1) is 17.6. The summed E-state index contributed by atoms with van der Waals surface area (Å²) >= 11 is 0. The summed E-state index contributed by atoms with van der Waals surface area (Å²) in [4.78, 5) is 13.3. The van der Waals surface area contributed by atoms with Crippen LogP contribution < -0.4 is 10.6 Å². The lowest BCUT2D eigenvalue weighted by Gasteiger charge is -2.24. The minimum atomic E-state index is -0.494. The molecule has 0 radical (unpaired) electrons. The van der Waals surface area contributed by atoms with Gasteiger partial charge in [0, 0.05) is 19.0 Å². The van der Waals surface area contributed by atoms with E-state index >= 15 is 0 Å². The Labute approximate surface area is 212 Å². The molecule has 0 aromatic heterocycles. The number of aromatic hydroxyl groups is 1. The van der Waals surface area contributed by atoms with E-state index in [4.69, 9.17) is 0 Å². The molecule has 0 aliphatic rings. The van der Waals surface area contributed by atoms with E-state index in [-0.39, 0.29) is 17.6 Å². The zero-order valence-corrected chi connectivity index (χ0v) is 20.0. The molecule has 1 atom stereocenters. The molecule has 0 saturated heterocycles. The minimum absolute atomic E-state index is 0.0743. The normalized spacial score (nSPS) is 11.6. The lowest BCUT2D eigenvalue weighted by atomic mass is 9.90. The lowest BCUT2D eigenvalue weighted by molar-refractivity contribution is -0.123. The van der Waals surface area contributed by atoms with E-state index in [0.29, 0.717) is 25.1 Å². The molecular formula is C31H29N3O2. The number of nitriles is 1. The molecule has 5 nitrogen and oxygen atoms in total. The van der Waals surface area contributed by atoms with Crippen molar-refractivity contribution in [2.75, 3.05) is 6.54 Å². The molecule has 4 aromatic carbocycles. The second-order valence-electron chi connectivity index (χ2n) is 8.74. The molecule has 0 heterocycles. The summed E-state index contributed by atoms with van der Waals surface area (Å²) in [5.41, 5.74) is 4.74. The molecule has 4 aromatic rings. The highest BCUT2D eigenvalue weighted by molar-refractivity contribution is 5.82. The summed E-state index contributed by atoms with van der Waals surface area (Å²) < 4.78 is 0. The summed E-state index contributed by atoms with van der Waals surface area (Å²) in [5.74, 6) is 0.144. The van der Waals surface area contributed by atoms with Gasteiger partial charge in [-0.2, -0.15) is 5.26 Å². The van der Waals surface area contributed by atoms with Crippen LogP contribution in [-0.4, -0.2) is 23.6 Å². The third-order valence-corrected chi connectivity index (χ3v) is 6.19. The molecule has 180 valence electrons. The number of nitrogens with one attached hydrogen (secondary N) is 2. The van der Waals surface area contributed by atoms with Crippen LogP contribution in [0.5, 0.6) is 5.75 Å². The van der Waals surface area contributed by atoms with E-state index in [1.165, 1.54) is 11.1 Å². The molecule has 1 amide bonds. The molecule has 4 rings (SSSR count). The predicted octanol–water partition coefficient (Wildman–Crippen LogP) is 4.91. The third-order valence-electron chi connectivity index (χ3n) is 6.19. The number of phenols is 1.